The summed E-state index contributed by atoms with van der Waals surface area (Å²) in [4.78, 5) is 0. The molecule has 0 aromatic heterocycles. The van der Waals surface area contributed by atoms with Crippen molar-refractivity contribution >= 4 is 11.8 Å². The van der Waals surface area contributed by atoms with Crippen LogP contribution in [0.3, 0.4) is 0 Å². The van der Waals surface area contributed by atoms with E-state index in [-0.39, 0.29) is 0 Å². The van der Waals surface area contributed by atoms with E-state index in [1.54, 1.807) is 0 Å². The van der Waals surface area contributed by atoms with Crippen molar-refractivity contribution in [3.63, 3.8) is 0 Å². The lowest BCUT2D eigenvalue weighted by Gasteiger charge is -2.28. The van der Waals surface area contributed by atoms with Gasteiger partial charge in [-0.3, -0.25) is 0 Å². The van der Waals surface area contributed by atoms with Crippen LogP contribution in [0.15, 0.2) is 0 Å². The molecule has 0 radical (unpaired) electrons. The first kappa shape index (κ1) is 8.89. The van der Waals surface area contributed by atoms with Gasteiger partial charge in [0.05, 0.1) is 0 Å². The van der Waals surface area contributed by atoms with Crippen molar-refractivity contribution in [2.45, 2.75) is 49.0 Å². The van der Waals surface area contributed by atoms with Crippen LogP contribution in [0.25, 0.3) is 0 Å². The molecule has 70 valence electrons. The molecule has 0 aromatic rings. The lowest BCUT2D eigenvalue weighted by Crippen LogP contribution is -2.19. The van der Waals surface area contributed by atoms with Crippen molar-refractivity contribution in [1.82, 2.24) is 5.32 Å². The van der Waals surface area contributed by atoms with Crippen molar-refractivity contribution in [1.29, 1.82) is 0 Å². The molecule has 1 heterocycles. The van der Waals surface area contributed by atoms with Gasteiger partial charge >= 0.3 is 0 Å². The van der Waals surface area contributed by atoms with Gasteiger partial charge in [-0.2, -0.15) is 11.8 Å². The minimum Gasteiger partial charge on any atom is -0.317 e. The lowest BCUT2D eigenvalue weighted by molar-refractivity contribution is 0.518. The smallest absolute Gasteiger partial charge is 0.00623 e. The summed E-state index contributed by atoms with van der Waals surface area (Å²) < 4.78 is 0. The largest absolute Gasteiger partial charge is 0.317 e. The monoisotopic (exact) mass is 185 g/mol. The standard InChI is InChI=1S/C10H19NS/c1-3-9(4-1)12-10-5-2-7-11-8-6-10/h9-11H,1-8H2. The summed E-state index contributed by atoms with van der Waals surface area (Å²) in [5, 5.41) is 5.49. The third-order valence-corrected chi connectivity index (χ3v) is 4.67. The zero-order valence-corrected chi connectivity index (χ0v) is 8.54. The van der Waals surface area contributed by atoms with Gasteiger partial charge in [-0.05, 0) is 45.2 Å². The quantitative estimate of drug-likeness (QED) is 0.709. The minimum absolute atomic E-state index is 0.977. The van der Waals surface area contributed by atoms with E-state index in [2.05, 4.69) is 17.1 Å². The average molecular weight is 185 g/mol. The highest BCUT2D eigenvalue weighted by atomic mass is 32.2. The summed E-state index contributed by atoms with van der Waals surface area (Å²) in [6, 6.07) is 0. The van der Waals surface area contributed by atoms with E-state index in [0.29, 0.717) is 0 Å². The number of nitrogens with one attached hydrogen (secondary N) is 1. The fourth-order valence-electron chi connectivity index (χ4n) is 1.90. The molecule has 12 heavy (non-hydrogen) atoms. The van der Waals surface area contributed by atoms with Crippen LogP contribution in [-0.2, 0) is 0 Å². The molecule has 2 fully saturated rings. The van der Waals surface area contributed by atoms with Crippen molar-refractivity contribution in [3.05, 3.63) is 0 Å². The second-order valence-corrected chi connectivity index (χ2v) is 5.60. The summed E-state index contributed by atoms with van der Waals surface area (Å²) in [7, 11) is 0. The van der Waals surface area contributed by atoms with E-state index in [9.17, 15) is 0 Å². The normalized spacial score (nSPS) is 32.5. The first-order valence-corrected chi connectivity index (χ1v) is 6.25. The highest BCUT2D eigenvalue weighted by Gasteiger charge is 2.22. The highest BCUT2D eigenvalue weighted by Crippen LogP contribution is 2.36. The third-order valence-electron chi connectivity index (χ3n) is 2.96. The van der Waals surface area contributed by atoms with Gasteiger partial charge in [-0.15, -0.1) is 0 Å². The molecule has 1 N–H and O–H groups in total. The second-order valence-electron chi connectivity index (χ2n) is 3.99. The van der Waals surface area contributed by atoms with E-state index < -0.39 is 0 Å². The average Bonchev–Trinajstić information content (AvgIpc) is 2.24. The molecule has 2 rings (SSSR count). The SMILES string of the molecule is C1CC(SC2CCCNCC2)C1. The fraction of sp³-hybridized carbons (Fsp3) is 1.00. The molecule has 1 nitrogen and oxygen atoms in total. The maximum atomic E-state index is 3.47. The molecule has 0 spiro atoms. The molecule has 1 saturated carbocycles. The van der Waals surface area contributed by atoms with Crippen LogP contribution in [0.5, 0.6) is 0 Å². The van der Waals surface area contributed by atoms with Gasteiger partial charge in [-0.1, -0.05) is 6.42 Å². The topological polar surface area (TPSA) is 12.0 Å². The van der Waals surface area contributed by atoms with Gasteiger partial charge in [-0.25, -0.2) is 0 Å². The minimum atomic E-state index is 0.977. The Kier molecular flexibility index (Phi) is 3.35. The van der Waals surface area contributed by atoms with E-state index in [0.717, 1.165) is 10.5 Å². The predicted octanol–water partition coefficient (Wildman–Crippen LogP) is 2.41. The molecule has 2 aliphatic rings. The lowest BCUT2D eigenvalue weighted by atomic mass is 10.00. The summed E-state index contributed by atoms with van der Waals surface area (Å²) in [6.07, 6.45) is 8.73. The second kappa shape index (κ2) is 4.52. The maximum Gasteiger partial charge on any atom is 0.00623 e. The molecule has 1 saturated heterocycles. The zero-order chi connectivity index (χ0) is 8.23. The molecular formula is C10H19NS. The van der Waals surface area contributed by atoms with Crippen LogP contribution in [0.4, 0.5) is 0 Å². The summed E-state index contributed by atoms with van der Waals surface area (Å²) in [6.45, 7) is 2.51. The van der Waals surface area contributed by atoms with Crippen LogP contribution in [-0.4, -0.2) is 23.6 Å². The van der Waals surface area contributed by atoms with Crippen molar-refractivity contribution < 1.29 is 0 Å². The summed E-state index contributed by atoms with van der Waals surface area (Å²) in [5.41, 5.74) is 0. The molecule has 2 heteroatoms. The van der Waals surface area contributed by atoms with E-state index in [1.807, 2.05) is 0 Å². The zero-order valence-electron chi connectivity index (χ0n) is 7.72. The first-order chi connectivity index (χ1) is 5.95. The number of hydrogen-bond acceptors (Lipinski definition) is 2. The Balaban J connectivity index is 1.69. The highest BCUT2D eigenvalue weighted by molar-refractivity contribution is 8.00. The van der Waals surface area contributed by atoms with Crippen LogP contribution < -0.4 is 5.32 Å². The van der Waals surface area contributed by atoms with Gasteiger partial charge in [0, 0.05) is 10.5 Å². The Morgan fingerprint density at radius 1 is 0.833 bits per heavy atom. The molecule has 1 aliphatic carbocycles. The molecule has 1 atom stereocenters. The van der Waals surface area contributed by atoms with E-state index in [4.69, 9.17) is 0 Å². The molecule has 1 unspecified atom stereocenters. The number of thioether (sulfide) groups is 1. The Labute approximate surface area is 79.7 Å². The van der Waals surface area contributed by atoms with E-state index >= 15 is 0 Å². The molecule has 0 bridgehead atoms. The Morgan fingerprint density at radius 3 is 2.33 bits per heavy atom. The van der Waals surface area contributed by atoms with Gasteiger partial charge in [0.15, 0.2) is 0 Å². The van der Waals surface area contributed by atoms with Crippen LogP contribution in [0, 0.1) is 0 Å². The molecule has 1 aliphatic heterocycles. The van der Waals surface area contributed by atoms with Gasteiger partial charge < -0.3 is 5.32 Å². The van der Waals surface area contributed by atoms with Crippen LogP contribution >= 0.6 is 11.8 Å². The summed E-state index contributed by atoms with van der Waals surface area (Å²) in [5.74, 6) is 0. The van der Waals surface area contributed by atoms with Crippen molar-refractivity contribution in [2.24, 2.45) is 0 Å². The summed E-state index contributed by atoms with van der Waals surface area (Å²) >= 11 is 2.28. The molecule has 0 amide bonds. The van der Waals surface area contributed by atoms with Gasteiger partial charge in [0.25, 0.3) is 0 Å². The van der Waals surface area contributed by atoms with Gasteiger partial charge in [0.1, 0.15) is 0 Å². The predicted molar refractivity (Wildman–Crippen MR) is 55.7 cm³/mol. The molecule has 0 aromatic carbocycles. The first-order valence-electron chi connectivity index (χ1n) is 5.31. The van der Waals surface area contributed by atoms with Crippen molar-refractivity contribution in [3.8, 4) is 0 Å². The number of rotatable bonds is 2. The Morgan fingerprint density at radius 2 is 1.58 bits per heavy atom. The van der Waals surface area contributed by atoms with Crippen molar-refractivity contribution in [2.75, 3.05) is 13.1 Å². The fourth-order valence-corrected chi connectivity index (χ4v) is 3.61. The third kappa shape index (κ3) is 2.40. The van der Waals surface area contributed by atoms with Gasteiger partial charge in [0.2, 0.25) is 0 Å². The molecular weight excluding hydrogens is 166 g/mol. The van der Waals surface area contributed by atoms with E-state index in [1.165, 1.54) is 51.6 Å². The van der Waals surface area contributed by atoms with Crippen LogP contribution in [0.2, 0.25) is 0 Å². The number of hydrogen-bond donors (Lipinski definition) is 1. The Hall–Kier alpha value is 0.310. The van der Waals surface area contributed by atoms with Crippen LogP contribution in [0.1, 0.15) is 38.5 Å². The maximum absolute atomic E-state index is 3.47. The Bertz CT molecular complexity index is 126.